The number of H-pyrrole nitrogens is 2. The highest BCUT2D eigenvalue weighted by atomic mass is 16.4. The fraction of sp³-hybridized carbons (Fsp3) is 0.231. The number of nitrogens with two attached hydrogens (primary N) is 1. The molecule has 0 aliphatic carbocycles. The van der Waals surface area contributed by atoms with Crippen LogP contribution in [0.3, 0.4) is 0 Å². The van der Waals surface area contributed by atoms with Crippen molar-refractivity contribution in [2.45, 2.75) is 37.4 Å². The summed E-state index contributed by atoms with van der Waals surface area (Å²) in [7, 11) is 0. The number of fused-ring (bicyclic) bond motifs is 1. The molecule has 0 aliphatic rings. The van der Waals surface area contributed by atoms with Gasteiger partial charge in [-0.05, 0) is 35.7 Å². The summed E-state index contributed by atoms with van der Waals surface area (Å²) in [5.74, 6) is -2.34. The Kier molecular flexibility index (Phi) is 7.84. The first kappa shape index (κ1) is 25.5. The Balaban J connectivity index is 1.47. The number of aromatic hydroxyl groups is 1. The van der Waals surface area contributed by atoms with Crippen LogP contribution in [0.4, 0.5) is 0 Å². The highest BCUT2D eigenvalue weighted by Crippen LogP contribution is 2.19. The van der Waals surface area contributed by atoms with Gasteiger partial charge in [0.05, 0.1) is 12.4 Å². The third-order valence-corrected chi connectivity index (χ3v) is 6.05. The number of carboxylic acids is 1. The van der Waals surface area contributed by atoms with Crippen LogP contribution in [0, 0.1) is 0 Å². The zero-order valence-corrected chi connectivity index (χ0v) is 19.8. The number of phenolic OH excluding ortho intramolecular Hbond substituents is 1. The largest absolute Gasteiger partial charge is 0.508 e. The van der Waals surface area contributed by atoms with Crippen LogP contribution in [0.2, 0.25) is 0 Å². The lowest BCUT2D eigenvalue weighted by molar-refractivity contribution is -0.142. The van der Waals surface area contributed by atoms with E-state index in [0.717, 1.165) is 22.0 Å². The van der Waals surface area contributed by atoms with Gasteiger partial charge in [-0.2, -0.15) is 0 Å². The molecule has 2 aromatic carbocycles. The molecule has 2 amide bonds. The molecule has 4 rings (SSSR count). The second kappa shape index (κ2) is 11.4. The Labute approximate surface area is 212 Å². The summed E-state index contributed by atoms with van der Waals surface area (Å²) < 4.78 is 0. The summed E-state index contributed by atoms with van der Waals surface area (Å²) in [6, 6.07) is 10.5. The molecule has 8 N–H and O–H groups in total. The van der Waals surface area contributed by atoms with Crippen LogP contribution in [-0.4, -0.2) is 61.1 Å². The molecule has 3 atom stereocenters. The van der Waals surface area contributed by atoms with Gasteiger partial charge in [-0.3, -0.25) is 9.59 Å². The number of rotatable bonds is 11. The average Bonchev–Trinajstić information content (AvgIpc) is 3.54. The molecule has 0 unspecified atom stereocenters. The van der Waals surface area contributed by atoms with Crippen molar-refractivity contribution in [3.8, 4) is 5.75 Å². The van der Waals surface area contributed by atoms with Crippen molar-refractivity contribution in [3.05, 3.63) is 84.1 Å². The molecule has 0 saturated heterocycles. The van der Waals surface area contributed by atoms with Gasteiger partial charge in [0.1, 0.15) is 17.8 Å². The van der Waals surface area contributed by atoms with Crippen LogP contribution < -0.4 is 16.4 Å². The lowest BCUT2D eigenvalue weighted by Crippen LogP contribution is -2.56. The third kappa shape index (κ3) is 6.53. The van der Waals surface area contributed by atoms with E-state index >= 15 is 0 Å². The minimum absolute atomic E-state index is 0.0518. The van der Waals surface area contributed by atoms with E-state index in [1.165, 1.54) is 24.7 Å². The normalized spacial score (nSPS) is 13.5. The number of amides is 2. The molecule has 11 nitrogen and oxygen atoms in total. The third-order valence-electron chi connectivity index (χ3n) is 6.05. The number of benzene rings is 2. The molecule has 0 spiro atoms. The van der Waals surface area contributed by atoms with Crippen molar-refractivity contribution >= 4 is 28.7 Å². The van der Waals surface area contributed by atoms with Gasteiger partial charge in [-0.15, -0.1) is 0 Å². The Morgan fingerprint density at radius 1 is 0.919 bits per heavy atom. The molecule has 2 aromatic heterocycles. The molecule has 11 heteroatoms. The van der Waals surface area contributed by atoms with Gasteiger partial charge < -0.3 is 36.5 Å². The fourth-order valence-electron chi connectivity index (χ4n) is 4.08. The number of aromatic amines is 2. The van der Waals surface area contributed by atoms with Crippen LogP contribution in [0.5, 0.6) is 5.75 Å². The number of aliphatic carboxylic acids is 1. The lowest BCUT2D eigenvalue weighted by Gasteiger charge is -2.22. The molecule has 2 heterocycles. The molecule has 192 valence electrons. The standard InChI is InChI=1S/C26H28N6O5/c27-20(9-15-5-7-18(33)8-6-15)24(34)31-22(11-17-13-28-14-30-17)25(35)32-23(26(36)37)10-16-12-29-21-4-2-1-3-19(16)21/h1-8,12-14,20,22-23,29,33H,9-11,27H2,(H,28,30)(H,31,34)(H,32,35)(H,36,37)/t20-,22-,23-/m0/s1. The summed E-state index contributed by atoms with van der Waals surface area (Å²) in [5, 5.41) is 25.3. The number of carboxylic acid groups (broad SMARTS) is 1. The van der Waals surface area contributed by atoms with E-state index < -0.39 is 35.9 Å². The average molecular weight is 505 g/mol. The fourth-order valence-corrected chi connectivity index (χ4v) is 4.08. The van der Waals surface area contributed by atoms with Crippen molar-refractivity contribution in [3.63, 3.8) is 0 Å². The highest BCUT2D eigenvalue weighted by Gasteiger charge is 2.29. The van der Waals surface area contributed by atoms with Crippen molar-refractivity contribution < 1.29 is 24.6 Å². The number of phenols is 1. The highest BCUT2D eigenvalue weighted by molar-refractivity contribution is 5.92. The molecular weight excluding hydrogens is 476 g/mol. The second-order valence-corrected chi connectivity index (χ2v) is 8.78. The van der Waals surface area contributed by atoms with Gasteiger partial charge in [0, 0.05) is 41.8 Å². The number of aromatic nitrogens is 3. The minimum Gasteiger partial charge on any atom is -0.508 e. The number of imidazole rings is 1. The van der Waals surface area contributed by atoms with Crippen molar-refractivity contribution in [2.24, 2.45) is 5.73 Å². The molecule has 0 aliphatic heterocycles. The summed E-state index contributed by atoms with van der Waals surface area (Å²) in [6.45, 7) is 0. The number of nitrogens with one attached hydrogen (secondary N) is 4. The van der Waals surface area contributed by atoms with E-state index in [0.29, 0.717) is 5.69 Å². The maximum atomic E-state index is 13.2. The summed E-state index contributed by atoms with van der Waals surface area (Å²) >= 11 is 0. The zero-order valence-electron chi connectivity index (χ0n) is 19.8. The number of para-hydroxylation sites is 1. The SMILES string of the molecule is N[C@@H](Cc1ccc(O)cc1)C(=O)N[C@@H](Cc1cnc[nH]1)C(=O)N[C@@H](Cc1c[nH]c2ccccc12)C(=O)O. The van der Waals surface area contributed by atoms with E-state index in [1.54, 1.807) is 18.3 Å². The van der Waals surface area contributed by atoms with E-state index in [2.05, 4.69) is 25.6 Å². The summed E-state index contributed by atoms with van der Waals surface area (Å²) in [6.07, 6.45) is 4.98. The van der Waals surface area contributed by atoms with Crippen LogP contribution >= 0.6 is 0 Å². The van der Waals surface area contributed by atoms with Crippen LogP contribution in [0.15, 0.2) is 67.3 Å². The van der Waals surface area contributed by atoms with Crippen LogP contribution in [-0.2, 0) is 33.6 Å². The quantitative estimate of drug-likeness (QED) is 0.159. The first-order valence-electron chi connectivity index (χ1n) is 11.7. The first-order chi connectivity index (χ1) is 17.8. The van der Waals surface area contributed by atoms with Crippen molar-refractivity contribution in [1.82, 2.24) is 25.6 Å². The number of nitrogens with zero attached hydrogens (tertiary/aromatic N) is 1. The topological polar surface area (TPSA) is 186 Å². The van der Waals surface area contributed by atoms with Gasteiger partial charge in [-0.1, -0.05) is 30.3 Å². The smallest absolute Gasteiger partial charge is 0.326 e. The van der Waals surface area contributed by atoms with E-state index in [1.807, 2.05) is 24.3 Å². The Bertz CT molecular complexity index is 1370. The van der Waals surface area contributed by atoms with Gasteiger partial charge in [0.2, 0.25) is 11.8 Å². The summed E-state index contributed by atoms with van der Waals surface area (Å²) in [4.78, 5) is 48.0. The van der Waals surface area contributed by atoms with E-state index in [4.69, 9.17) is 5.73 Å². The van der Waals surface area contributed by atoms with E-state index in [9.17, 15) is 24.6 Å². The molecule has 0 fully saturated rings. The predicted molar refractivity (Wildman–Crippen MR) is 136 cm³/mol. The van der Waals surface area contributed by atoms with Crippen LogP contribution in [0.1, 0.15) is 16.8 Å². The van der Waals surface area contributed by atoms with Gasteiger partial charge in [0.15, 0.2) is 0 Å². The monoisotopic (exact) mass is 504 g/mol. The molecule has 0 saturated carbocycles. The van der Waals surface area contributed by atoms with Crippen molar-refractivity contribution in [2.75, 3.05) is 0 Å². The molecule has 0 radical (unpaired) electrons. The molecule has 4 aromatic rings. The molecule has 0 bridgehead atoms. The minimum atomic E-state index is -1.22. The van der Waals surface area contributed by atoms with Gasteiger partial charge in [-0.25, -0.2) is 9.78 Å². The molecule has 37 heavy (non-hydrogen) atoms. The van der Waals surface area contributed by atoms with E-state index in [-0.39, 0.29) is 25.0 Å². The number of hydrogen-bond donors (Lipinski definition) is 7. The Hall–Kier alpha value is -4.64. The summed E-state index contributed by atoms with van der Waals surface area (Å²) in [5.41, 5.74) is 9.00. The van der Waals surface area contributed by atoms with Gasteiger partial charge >= 0.3 is 5.97 Å². The number of carbonyl (C=O) groups excluding carboxylic acids is 2. The lowest BCUT2D eigenvalue weighted by atomic mass is 10.0. The van der Waals surface area contributed by atoms with Crippen LogP contribution in [0.25, 0.3) is 10.9 Å². The van der Waals surface area contributed by atoms with Crippen molar-refractivity contribution in [1.29, 1.82) is 0 Å². The second-order valence-electron chi connectivity index (χ2n) is 8.78. The zero-order chi connectivity index (χ0) is 26.4. The first-order valence-corrected chi connectivity index (χ1v) is 11.7. The Morgan fingerprint density at radius 3 is 2.35 bits per heavy atom. The number of carbonyl (C=O) groups is 3. The van der Waals surface area contributed by atoms with Gasteiger partial charge in [0.25, 0.3) is 0 Å². The molecular formula is C26H28N6O5. The predicted octanol–water partition coefficient (Wildman–Crippen LogP) is 1.01. The maximum Gasteiger partial charge on any atom is 0.326 e. The maximum absolute atomic E-state index is 13.2. The Morgan fingerprint density at radius 2 is 1.65 bits per heavy atom. The number of hydrogen-bond acceptors (Lipinski definition) is 6.